The maximum Gasteiger partial charge on any atom is 0.340 e. The van der Waals surface area contributed by atoms with Crippen molar-refractivity contribution >= 4 is 36.5 Å². The van der Waals surface area contributed by atoms with Crippen molar-refractivity contribution < 1.29 is 37.4 Å². The highest BCUT2D eigenvalue weighted by molar-refractivity contribution is 7.53. The van der Waals surface area contributed by atoms with Crippen molar-refractivity contribution in [3.05, 3.63) is 42.5 Å². The van der Waals surface area contributed by atoms with Gasteiger partial charge in [0.15, 0.2) is 11.5 Å². The van der Waals surface area contributed by atoms with Gasteiger partial charge in [0.05, 0.1) is 29.9 Å². The van der Waals surface area contributed by atoms with Crippen LogP contribution in [0.1, 0.15) is 72.8 Å². The first-order chi connectivity index (χ1) is 20.7. The maximum absolute atomic E-state index is 13.7. The van der Waals surface area contributed by atoms with Gasteiger partial charge in [-0.05, 0) is 60.5 Å². The highest BCUT2D eigenvalue weighted by atomic mass is 31.2. The Morgan fingerprint density at radius 3 is 2.11 bits per heavy atom. The Labute approximate surface area is 258 Å². The summed E-state index contributed by atoms with van der Waals surface area (Å²) in [5, 5.41) is 0. The molecule has 0 saturated carbocycles. The van der Waals surface area contributed by atoms with Crippen LogP contribution in [-0.4, -0.2) is 51.7 Å². The van der Waals surface area contributed by atoms with Crippen molar-refractivity contribution in [2.75, 3.05) is 25.9 Å². The number of carbonyl (C=O) groups excluding carboxylic acids is 2. The summed E-state index contributed by atoms with van der Waals surface area (Å²) in [4.78, 5) is 36.9. The molecule has 2 heterocycles. The van der Waals surface area contributed by atoms with Crippen LogP contribution in [0.2, 0.25) is 0 Å². The Morgan fingerprint density at radius 1 is 0.864 bits per heavy atom. The number of ether oxygens (including phenoxy) is 3. The minimum Gasteiger partial charge on any atom is -0.493 e. The minimum atomic E-state index is -3.94. The smallest absolute Gasteiger partial charge is 0.340 e. The fourth-order valence-corrected chi connectivity index (χ4v) is 5.21. The van der Waals surface area contributed by atoms with Crippen LogP contribution in [0.25, 0.3) is 11.2 Å². The van der Waals surface area contributed by atoms with E-state index in [2.05, 4.69) is 15.0 Å². The number of benzene rings is 1. The second-order valence-corrected chi connectivity index (χ2v) is 14.4. The summed E-state index contributed by atoms with van der Waals surface area (Å²) in [5.41, 5.74) is 6.23. The molecule has 0 aliphatic carbocycles. The molecule has 0 radical (unpaired) electrons. The average molecular weight is 634 g/mol. The molecule has 44 heavy (non-hydrogen) atoms. The number of anilines is 1. The van der Waals surface area contributed by atoms with E-state index in [-0.39, 0.29) is 6.16 Å². The average Bonchev–Trinajstić information content (AvgIpc) is 3.36. The lowest BCUT2D eigenvalue weighted by Gasteiger charge is -2.22. The van der Waals surface area contributed by atoms with Crippen molar-refractivity contribution in [1.82, 2.24) is 19.5 Å². The third-order valence-electron chi connectivity index (χ3n) is 6.42. The SMILES string of the molecule is CC(C)(C)C(=O)OCOP(=O)(Cc1ccccc1OCCCCCCn1cnc2c(N)ncnc21)OCOC(=O)C(C)(C)C. The van der Waals surface area contributed by atoms with Gasteiger partial charge in [-0.1, -0.05) is 31.0 Å². The van der Waals surface area contributed by atoms with Crippen LogP contribution in [0.3, 0.4) is 0 Å². The zero-order valence-electron chi connectivity index (χ0n) is 26.4. The molecule has 242 valence electrons. The van der Waals surface area contributed by atoms with Gasteiger partial charge in [-0.3, -0.25) is 23.2 Å². The molecule has 0 aliphatic rings. The number of para-hydroxylation sites is 1. The number of fused-ring (bicyclic) bond motifs is 1. The molecule has 0 bridgehead atoms. The van der Waals surface area contributed by atoms with Crippen LogP contribution in [0, 0.1) is 10.8 Å². The Balaban J connectivity index is 1.53. The van der Waals surface area contributed by atoms with Crippen molar-refractivity contribution in [1.29, 1.82) is 0 Å². The molecule has 0 atom stereocenters. The van der Waals surface area contributed by atoms with Gasteiger partial charge in [0.1, 0.15) is 17.6 Å². The van der Waals surface area contributed by atoms with Crippen molar-refractivity contribution in [3.63, 3.8) is 0 Å². The van der Waals surface area contributed by atoms with Gasteiger partial charge in [-0.25, -0.2) is 15.0 Å². The molecule has 0 saturated heterocycles. The molecule has 0 amide bonds. The lowest BCUT2D eigenvalue weighted by molar-refractivity contribution is -0.162. The lowest BCUT2D eigenvalue weighted by atomic mass is 9.98. The van der Waals surface area contributed by atoms with Crippen LogP contribution in [0.4, 0.5) is 5.82 Å². The molecule has 0 fully saturated rings. The maximum atomic E-state index is 13.7. The zero-order chi connectivity index (χ0) is 32.4. The van der Waals surface area contributed by atoms with E-state index in [1.807, 2.05) is 10.6 Å². The van der Waals surface area contributed by atoms with Gasteiger partial charge in [-0.15, -0.1) is 0 Å². The predicted molar refractivity (Wildman–Crippen MR) is 164 cm³/mol. The first kappa shape index (κ1) is 34.9. The number of aromatic nitrogens is 4. The van der Waals surface area contributed by atoms with E-state index in [1.54, 1.807) is 66.1 Å². The number of aryl methyl sites for hydroxylation is 1. The highest BCUT2D eigenvalue weighted by Gasteiger charge is 2.31. The number of esters is 2. The van der Waals surface area contributed by atoms with Crippen molar-refractivity contribution in [3.8, 4) is 5.75 Å². The highest BCUT2D eigenvalue weighted by Crippen LogP contribution is 2.52. The number of hydrogen-bond acceptors (Lipinski definition) is 12. The first-order valence-electron chi connectivity index (χ1n) is 14.5. The zero-order valence-corrected chi connectivity index (χ0v) is 27.3. The second kappa shape index (κ2) is 15.5. The number of carbonyl (C=O) groups is 2. The van der Waals surface area contributed by atoms with E-state index in [9.17, 15) is 14.2 Å². The van der Waals surface area contributed by atoms with E-state index in [0.29, 0.717) is 29.3 Å². The second-order valence-electron chi connectivity index (χ2n) is 12.4. The summed E-state index contributed by atoms with van der Waals surface area (Å²) in [6, 6.07) is 7.12. The summed E-state index contributed by atoms with van der Waals surface area (Å²) < 4.78 is 43.0. The third-order valence-corrected chi connectivity index (χ3v) is 8.15. The fourth-order valence-electron chi connectivity index (χ4n) is 3.85. The van der Waals surface area contributed by atoms with Crippen molar-refractivity contribution in [2.45, 2.75) is 79.9 Å². The predicted octanol–water partition coefficient (Wildman–Crippen LogP) is 5.87. The van der Waals surface area contributed by atoms with Crippen LogP contribution in [0.15, 0.2) is 36.9 Å². The molecule has 14 heteroatoms. The topological polar surface area (TPSA) is 167 Å². The fraction of sp³-hybridized carbons (Fsp3) is 0.567. The molecule has 1 aromatic carbocycles. The molecule has 3 aromatic rings. The normalized spacial score (nSPS) is 12.3. The molecular formula is C30H44N5O8P. The Bertz CT molecular complexity index is 1410. The van der Waals surface area contributed by atoms with Crippen LogP contribution in [-0.2, 0) is 45.4 Å². The largest absolute Gasteiger partial charge is 0.493 e. The molecule has 13 nitrogen and oxygen atoms in total. The standard InChI is InChI=1S/C30H44N5O8P/c1-29(2,3)27(36)40-20-42-44(38,43-21-41-28(37)30(4,5)6)17-22-13-9-10-14-23(22)39-16-12-8-7-11-15-35-19-34-24-25(31)32-18-33-26(24)35/h9-10,13-14,18-19H,7-8,11-12,15-17,20-21H2,1-6H3,(H2,31,32,33). The van der Waals surface area contributed by atoms with Gasteiger partial charge >= 0.3 is 19.5 Å². The number of hydrogen-bond donors (Lipinski definition) is 1. The summed E-state index contributed by atoms with van der Waals surface area (Å²) in [5.74, 6) is -0.151. The van der Waals surface area contributed by atoms with Gasteiger partial charge in [0, 0.05) is 12.1 Å². The van der Waals surface area contributed by atoms with Gasteiger partial charge < -0.3 is 24.5 Å². The molecule has 2 N–H and O–H groups in total. The summed E-state index contributed by atoms with van der Waals surface area (Å²) >= 11 is 0. The number of nitrogens with two attached hydrogens (primary N) is 1. The number of imidazole rings is 1. The number of nitrogens with zero attached hydrogens (tertiary/aromatic N) is 4. The Hall–Kier alpha value is -3.54. The third kappa shape index (κ3) is 10.6. The van der Waals surface area contributed by atoms with E-state index in [1.165, 1.54) is 6.33 Å². The quantitative estimate of drug-likeness (QED) is 0.0864. The molecule has 2 aromatic heterocycles. The van der Waals surface area contributed by atoms with Crippen LogP contribution in [0.5, 0.6) is 5.75 Å². The minimum absolute atomic E-state index is 0.184. The number of unbranched alkanes of at least 4 members (excludes halogenated alkanes) is 3. The van der Waals surface area contributed by atoms with Crippen LogP contribution >= 0.6 is 7.60 Å². The molecule has 0 spiro atoms. The van der Waals surface area contributed by atoms with E-state index in [0.717, 1.165) is 37.9 Å². The lowest BCUT2D eigenvalue weighted by Crippen LogP contribution is -2.25. The number of rotatable bonds is 16. The van der Waals surface area contributed by atoms with E-state index >= 15 is 0 Å². The molecule has 0 unspecified atom stereocenters. The summed E-state index contributed by atoms with van der Waals surface area (Å²) in [6.45, 7) is 10.2. The van der Waals surface area contributed by atoms with E-state index in [4.69, 9.17) is 29.0 Å². The monoisotopic (exact) mass is 633 g/mol. The van der Waals surface area contributed by atoms with Gasteiger partial charge in [0.25, 0.3) is 0 Å². The van der Waals surface area contributed by atoms with Gasteiger partial charge in [0.2, 0.25) is 13.6 Å². The summed E-state index contributed by atoms with van der Waals surface area (Å²) in [6.07, 6.45) is 6.64. The summed E-state index contributed by atoms with van der Waals surface area (Å²) in [7, 11) is -3.94. The van der Waals surface area contributed by atoms with E-state index < -0.39 is 44.0 Å². The van der Waals surface area contributed by atoms with Crippen molar-refractivity contribution in [2.24, 2.45) is 10.8 Å². The Morgan fingerprint density at radius 2 is 1.48 bits per heavy atom. The Kier molecular flexibility index (Phi) is 12.3. The molecule has 3 rings (SSSR count). The van der Waals surface area contributed by atoms with Crippen LogP contribution < -0.4 is 10.5 Å². The number of nitrogen functional groups attached to an aromatic ring is 1. The molecule has 0 aliphatic heterocycles. The first-order valence-corrected chi connectivity index (χ1v) is 16.3. The molecular weight excluding hydrogens is 589 g/mol. The van der Waals surface area contributed by atoms with Gasteiger partial charge in [-0.2, -0.15) is 0 Å².